The van der Waals surface area contributed by atoms with Gasteiger partial charge < -0.3 is 5.32 Å². The van der Waals surface area contributed by atoms with E-state index >= 15 is 0 Å². The summed E-state index contributed by atoms with van der Waals surface area (Å²) in [5.74, 6) is 1.04. The molecule has 11 heavy (non-hydrogen) atoms. The Bertz CT molecular complexity index is 129. The molecule has 64 valence electrons. The van der Waals surface area contributed by atoms with Gasteiger partial charge in [0.05, 0.1) is 0 Å². The summed E-state index contributed by atoms with van der Waals surface area (Å²) < 4.78 is 0. The Hall–Kier alpha value is -0.0400. The first-order valence-electron chi connectivity index (χ1n) is 5.16. The van der Waals surface area contributed by atoms with Crippen molar-refractivity contribution in [2.45, 2.75) is 57.5 Å². The highest BCUT2D eigenvalue weighted by Crippen LogP contribution is 2.36. The van der Waals surface area contributed by atoms with E-state index in [-0.39, 0.29) is 0 Å². The minimum absolute atomic E-state index is 0.904. The third-order valence-electron chi connectivity index (χ3n) is 3.14. The molecule has 0 amide bonds. The maximum atomic E-state index is 3.73. The number of hydrogen-bond acceptors (Lipinski definition) is 1. The lowest BCUT2D eigenvalue weighted by molar-refractivity contribution is 0.330. The van der Waals surface area contributed by atoms with Gasteiger partial charge in [-0.3, -0.25) is 0 Å². The van der Waals surface area contributed by atoms with Crippen molar-refractivity contribution in [1.29, 1.82) is 0 Å². The Balaban J connectivity index is 1.59. The highest BCUT2D eigenvalue weighted by Gasteiger charge is 2.37. The quantitative estimate of drug-likeness (QED) is 0.653. The van der Waals surface area contributed by atoms with Crippen LogP contribution in [0.1, 0.15) is 45.4 Å². The molecule has 0 aliphatic heterocycles. The molecule has 0 heterocycles. The van der Waals surface area contributed by atoms with Crippen molar-refractivity contribution in [3.8, 4) is 0 Å². The largest absolute Gasteiger partial charge is 0.311 e. The zero-order chi connectivity index (χ0) is 7.68. The second-order valence-electron chi connectivity index (χ2n) is 4.19. The first-order valence-corrected chi connectivity index (χ1v) is 5.16. The fraction of sp³-hybridized carbons (Fsp3) is 1.00. The summed E-state index contributed by atoms with van der Waals surface area (Å²) in [7, 11) is 0. The van der Waals surface area contributed by atoms with Gasteiger partial charge in [-0.1, -0.05) is 19.8 Å². The molecule has 2 aliphatic carbocycles. The van der Waals surface area contributed by atoms with Crippen LogP contribution in [0.15, 0.2) is 0 Å². The molecule has 0 saturated heterocycles. The molecule has 2 fully saturated rings. The zero-order valence-corrected chi connectivity index (χ0v) is 7.47. The average molecular weight is 153 g/mol. The van der Waals surface area contributed by atoms with Gasteiger partial charge in [-0.05, 0) is 31.6 Å². The van der Waals surface area contributed by atoms with Crippen molar-refractivity contribution >= 4 is 0 Å². The fourth-order valence-electron chi connectivity index (χ4n) is 2.02. The van der Waals surface area contributed by atoms with Crippen molar-refractivity contribution in [1.82, 2.24) is 5.32 Å². The molecule has 2 unspecified atom stereocenters. The molecule has 1 nitrogen and oxygen atoms in total. The molecule has 2 saturated carbocycles. The third kappa shape index (κ3) is 1.76. The van der Waals surface area contributed by atoms with Gasteiger partial charge in [0.2, 0.25) is 0 Å². The van der Waals surface area contributed by atoms with E-state index in [0.717, 1.165) is 18.0 Å². The monoisotopic (exact) mass is 153 g/mol. The molecule has 0 bridgehead atoms. The second kappa shape index (κ2) is 3.14. The molecule has 2 aliphatic rings. The van der Waals surface area contributed by atoms with Crippen LogP contribution < -0.4 is 5.32 Å². The molecule has 0 aromatic heterocycles. The number of hydrogen-bond donors (Lipinski definition) is 1. The Labute approximate surface area is 69.6 Å². The first-order chi connectivity index (χ1) is 5.40. The van der Waals surface area contributed by atoms with E-state index in [1.165, 1.54) is 38.5 Å². The lowest BCUT2D eigenvalue weighted by Crippen LogP contribution is -2.37. The molecule has 2 rings (SSSR count). The van der Waals surface area contributed by atoms with Crippen LogP contribution in [0.2, 0.25) is 0 Å². The first kappa shape index (κ1) is 7.60. The van der Waals surface area contributed by atoms with E-state index in [2.05, 4.69) is 12.2 Å². The smallest absolute Gasteiger partial charge is 0.0102 e. The second-order valence-corrected chi connectivity index (χ2v) is 4.19. The van der Waals surface area contributed by atoms with Crippen molar-refractivity contribution in [2.75, 3.05) is 0 Å². The van der Waals surface area contributed by atoms with Crippen LogP contribution >= 0.6 is 0 Å². The van der Waals surface area contributed by atoms with Crippen LogP contribution in [-0.4, -0.2) is 12.1 Å². The van der Waals surface area contributed by atoms with Gasteiger partial charge in [0.15, 0.2) is 0 Å². The van der Waals surface area contributed by atoms with Crippen molar-refractivity contribution in [2.24, 2.45) is 5.92 Å². The minimum Gasteiger partial charge on any atom is -0.311 e. The van der Waals surface area contributed by atoms with Gasteiger partial charge in [0.1, 0.15) is 0 Å². The van der Waals surface area contributed by atoms with Crippen molar-refractivity contribution in [3.05, 3.63) is 0 Å². The summed E-state index contributed by atoms with van der Waals surface area (Å²) >= 11 is 0. The Kier molecular flexibility index (Phi) is 2.17. The lowest BCUT2D eigenvalue weighted by Gasteiger charge is -2.26. The van der Waals surface area contributed by atoms with Crippen molar-refractivity contribution in [3.63, 3.8) is 0 Å². The van der Waals surface area contributed by atoms with Gasteiger partial charge >= 0.3 is 0 Å². The molecule has 2 atom stereocenters. The highest BCUT2D eigenvalue weighted by molar-refractivity contribution is 4.95. The standard InChI is InChI=1S/C10H19N/c1-2-4-8-7-10(8)11-9-5-3-6-9/h8-11H,2-7H2,1H3. The van der Waals surface area contributed by atoms with Crippen LogP contribution in [0.4, 0.5) is 0 Å². The molecule has 1 N–H and O–H groups in total. The summed E-state index contributed by atoms with van der Waals surface area (Å²) in [4.78, 5) is 0. The predicted molar refractivity (Wildman–Crippen MR) is 47.6 cm³/mol. The molecule has 1 heteroatoms. The minimum atomic E-state index is 0.904. The van der Waals surface area contributed by atoms with Crippen LogP contribution in [0.3, 0.4) is 0 Å². The summed E-state index contributed by atoms with van der Waals surface area (Å²) in [6, 6.07) is 1.82. The lowest BCUT2D eigenvalue weighted by atomic mass is 9.93. The van der Waals surface area contributed by atoms with Crippen LogP contribution in [-0.2, 0) is 0 Å². The predicted octanol–water partition coefficient (Wildman–Crippen LogP) is 2.32. The van der Waals surface area contributed by atoms with Crippen molar-refractivity contribution < 1.29 is 0 Å². The normalized spacial score (nSPS) is 36.8. The summed E-state index contributed by atoms with van der Waals surface area (Å²) in [6.07, 6.45) is 8.62. The highest BCUT2D eigenvalue weighted by atomic mass is 15.0. The van der Waals surface area contributed by atoms with Gasteiger partial charge in [-0.2, -0.15) is 0 Å². The van der Waals surface area contributed by atoms with E-state index in [0.29, 0.717) is 0 Å². The molecular weight excluding hydrogens is 134 g/mol. The average Bonchev–Trinajstić information content (AvgIpc) is 2.60. The SMILES string of the molecule is CCCC1CC1NC1CCC1. The van der Waals surface area contributed by atoms with Crippen LogP contribution in [0.5, 0.6) is 0 Å². The van der Waals surface area contributed by atoms with Gasteiger partial charge in [-0.25, -0.2) is 0 Å². The molecule has 0 radical (unpaired) electrons. The van der Waals surface area contributed by atoms with E-state index in [1.807, 2.05) is 0 Å². The van der Waals surface area contributed by atoms with Gasteiger partial charge in [-0.15, -0.1) is 0 Å². The number of rotatable bonds is 4. The fourth-order valence-corrected chi connectivity index (χ4v) is 2.02. The zero-order valence-electron chi connectivity index (χ0n) is 7.47. The van der Waals surface area contributed by atoms with Gasteiger partial charge in [0, 0.05) is 12.1 Å². The van der Waals surface area contributed by atoms with Gasteiger partial charge in [0.25, 0.3) is 0 Å². The summed E-state index contributed by atoms with van der Waals surface area (Å²) in [6.45, 7) is 2.29. The Morgan fingerprint density at radius 2 is 2.18 bits per heavy atom. The van der Waals surface area contributed by atoms with E-state index in [9.17, 15) is 0 Å². The van der Waals surface area contributed by atoms with Crippen LogP contribution in [0, 0.1) is 5.92 Å². The maximum Gasteiger partial charge on any atom is 0.0102 e. The third-order valence-corrected chi connectivity index (χ3v) is 3.14. The molecule has 0 spiro atoms. The Morgan fingerprint density at radius 1 is 1.36 bits per heavy atom. The van der Waals surface area contributed by atoms with E-state index in [1.54, 1.807) is 0 Å². The molecule has 0 aromatic rings. The Morgan fingerprint density at radius 3 is 2.73 bits per heavy atom. The topological polar surface area (TPSA) is 12.0 Å². The maximum absolute atomic E-state index is 3.73. The summed E-state index contributed by atoms with van der Waals surface area (Å²) in [5, 5.41) is 3.73. The van der Waals surface area contributed by atoms with Crippen LogP contribution in [0.25, 0.3) is 0 Å². The van der Waals surface area contributed by atoms with E-state index in [4.69, 9.17) is 0 Å². The summed E-state index contributed by atoms with van der Waals surface area (Å²) in [5.41, 5.74) is 0. The van der Waals surface area contributed by atoms with E-state index < -0.39 is 0 Å². The molecule has 0 aromatic carbocycles. The number of nitrogens with one attached hydrogen (secondary N) is 1. The molecular formula is C10H19N.